The average Bonchev–Trinajstić information content (AvgIpc) is 2.83. The van der Waals surface area contributed by atoms with E-state index >= 15 is 0 Å². The minimum absolute atomic E-state index is 0.302. The molecule has 0 heterocycles. The molecule has 0 spiro atoms. The van der Waals surface area contributed by atoms with Crippen molar-refractivity contribution < 1.29 is 22.7 Å². The SMILES string of the molecule is CCNC(=NCC(=O)N(C)CC(F)(F)F)NCCOC1CCCCCC1. The minimum Gasteiger partial charge on any atom is -0.376 e. The fourth-order valence-corrected chi connectivity index (χ4v) is 2.77. The Morgan fingerprint density at radius 1 is 1.19 bits per heavy atom. The van der Waals surface area contributed by atoms with Gasteiger partial charge in [-0.05, 0) is 19.8 Å². The van der Waals surface area contributed by atoms with E-state index in [1.807, 2.05) is 6.92 Å². The van der Waals surface area contributed by atoms with Gasteiger partial charge in [0, 0.05) is 20.1 Å². The molecule has 0 unspecified atom stereocenters. The number of rotatable bonds is 8. The minimum atomic E-state index is -4.41. The molecule has 0 aliphatic heterocycles. The normalized spacial score (nSPS) is 16.9. The van der Waals surface area contributed by atoms with Gasteiger partial charge in [0.25, 0.3) is 0 Å². The van der Waals surface area contributed by atoms with E-state index in [0.29, 0.717) is 36.7 Å². The van der Waals surface area contributed by atoms with E-state index in [4.69, 9.17) is 4.74 Å². The van der Waals surface area contributed by atoms with Gasteiger partial charge in [0.15, 0.2) is 5.96 Å². The first kappa shape index (κ1) is 22.5. The summed E-state index contributed by atoms with van der Waals surface area (Å²) in [6, 6.07) is 0. The fraction of sp³-hybridized carbons (Fsp3) is 0.882. The van der Waals surface area contributed by atoms with Gasteiger partial charge in [-0.25, -0.2) is 4.99 Å². The number of alkyl halides is 3. The Kier molecular flexibility index (Phi) is 10.4. The largest absolute Gasteiger partial charge is 0.406 e. The summed E-state index contributed by atoms with van der Waals surface area (Å²) in [4.78, 5) is 16.4. The Morgan fingerprint density at radius 3 is 2.42 bits per heavy atom. The summed E-state index contributed by atoms with van der Waals surface area (Å²) < 4.78 is 42.8. The van der Waals surface area contributed by atoms with Crippen molar-refractivity contribution in [1.29, 1.82) is 0 Å². The van der Waals surface area contributed by atoms with Crippen LogP contribution in [0, 0.1) is 0 Å². The topological polar surface area (TPSA) is 66.0 Å². The number of hydrogen-bond donors (Lipinski definition) is 2. The van der Waals surface area contributed by atoms with Crippen LogP contribution in [0.5, 0.6) is 0 Å². The van der Waals surface area contributed by atoms with Crippen LogP contribution < -0.4 is 10.6 Å². The zero-order chi connectivity index (χ0) is 19.4. The second-order valence-corrected chi connectivity index (χ2v) is 6.47. The first-order valence-electron chi connectivity index (χ1n) is 9.26. The number of aliphatic imine (C=N–C) groups is 1. The van der Waals surface area contributed by atoms with E-state index in [9.17, 15) is 18.0 Å². The van der Waals surface area contributed by atoms with Crippen LogP contribution in [-0.4, -0.2) is 68.9 Å². The molecule has 1 amide bonds. The second kappa shape index (κ2) is 12.0. The predicted molar refractivity (Wildman–Crippen MR) is 95.1 cm³/mol. The Hall–Kier alpha value is -1.51. The second-order valence-electron chi connectivity index (χ2n) is 6.47. The van der Waals surface area contributed by atoms with Gasteiger partial charge in [0.2, 0.25) is 5.91 Å². The number of likely N-dealkylation sites (N-methyl/N-ethyl adjacent to an activating group) is 1. The highest BCUT2D eigenvalue weighted by molar-refractivity contribution is 5.84. The molecular weight excluding hydrogens is 349 g/mol. The molecule has 0 aromatic heterocycles. The third-order valence-electron chi connectivity index (χ3n) is 4.11. The lowest BCUT2D eigenvalue weighted by atomic mass is 10.1. The van der Waals surface area contributed by atoms with Crippen LogP contribution in [0.3, 0.4) is 0 Å². The van der Waals surface area contributed by atoms with Gasteiger partial charge in [-0.3, -0.25) is 4.79 Å². The molecule has 2 N–H and O–H groups in total. The van der Waals surface area contributed by atoms with Crippen molar-refractivity contribution in [3.8, 4) is 0 Å². The lowest BCUT2D eigenvalue weighted by Crippen LogP contribution is -2.41. The molecule has 0 radical (unpaired) electrons. The number of amides is 1. The molecule has 1 aliphatic rings. The lowest BCUT2D eigenvalue weighted by molar-refractivity contribution is -0.157. The Morgan fingerprint density at radius 2 is 1.85 bits per heavy atom. The molecule has 1 fully saturated rings. The van der Waals surface area contributed by atoms with E-state index in [0.717, 1.165) is 19.9 Å². The molecule has 0 aromatic carbocycles. The van der Waals surface area contributed by atoms with Gasteiger partial charge in [-0.15, -0.1) is 0 Å². The van der Waals surface area contributed by atoms with E-state index < -0.39 is 18.6 Å². The Labute approximate surface area is 153 Å². The summed E-state index contributed by atoms with van der Waals surface area (Å²) in [5.41, 5.74) is 0. The summed E-state index contributed by atoms with van der Waals surface area (Å²) in [6.45, 7) is 1.89. The zero-order valence-electron chi connectivity index (χ0n) is 15.7. The molecule has 6 nitrogen and oxygen atoms in total. The van der Waals surface area contributed by atoms with Crippen LogP contribution in [0.15, 0.2) is 4.99 Å². The van der Waals surface area contributed by atoms with Crippen LogP contribution in [0.1, 0.15) is 45.4 Å². The highest BCUT2D eigenvalue weighted by Crippen LogP contribution is 2.19. The average molecular weight is 380 g/mol. The molecule has 0 bridgehead atoms. The zero-order valence-corrected chi connectivity index (χ0v) is 15.7. The monoisotopic (exact) mass is 380 g/mol. The highest BCUT2D eigenvalue weighted by atomic mass is 19.4. The van der Waals surface area contributed by atoms with Crippen LogP contribution in [-0.2, 0) is 9.53 Å². The molecular formula is C17H31F3N4O2. The summed E-state index contributed by atoms with van der Waals surface area (Å²) in [5.74, 6) is -0.292. The molecule has 152 valence electrons. The van der Waals surface area contributed by atoms with Crippen molar-refractivity contribution in [2.45, 2.75) is 57.7 Å². The summed E-state index contributed by atoms with van der Waals surface area (Å²) in [7, 11) is 1.12. The Balaban J connectivity index is 2.34. The maximum absolute atomic E-state index is 12.3. The smallest absolute Gasteiger partial charge is 0.376 e. The van der Waals surface area contributed by atoms with Gasteiger partial charge in [-0.1, -0.05) is 25.7 Å². The number of carbonyl (C=O) groups is 1. The number of nitrogens with one attached hydrogen (secondary N) is 2. The van der Waals surface area contributed by atoms with Crippen LogP contribution in [0.2, 0.25) is 0 Å². The van der Waals surface area contributed by atoms with Crippen LogP contribution in [0.25, 0.3) is 0 Å². The van der Waals surface area contributed by atoms with Gasteiger partial charge < -0.3 is 20.3 Å². The predicted octanol–water partition coefficient (Wildman–Crippen LogP) is 2.30. The van der Waals surface area contributed by atoms with Gasteiger partial charge in [0.1, 0.15) is 13.1 Å². The van der Waals surface area contributed by atoms with E-state index in [-0.39, 0.29) is 6.54 Å². The number of carbonyl (C=O) groups excluding carboxylic acids is 1. The molecule has 1 rings (SSSR count). The lowest BCUT2D eigenvalue weighted by Gasteiger charge is -2.19. The van der Waals surface area contributed by atoms with Gasteiger partial charge in [-0.2, -0.15) is 13.2 Å². The number of nitrogens with zero attached hydrogens (tertiary/aromatic N) is 2. The van der Waals surface area contributed by atoms with Crippen molar-refractivity contribution in [3.05, 3.63) is 0 Å². The molecule has 9 heteroatoms. The number of hydrogen-bond acceptors (Lipinski definition) is 3. The molecule has 0 aromatic rings. The number of ether oxygens (including phenoxy) is 1. The summed E-state index contributed by atoms with van der Waals surface area (Å²) >= 11 is 0. The van der Waals surface area contributed by atoms with Crippen LogP contribution >= 0.6 is 0 Å². The van der Waals surface area contributed by atoms with Gasteiger partial charge in [0.05, 0.1) is 12.7 Å². The fourth-order valence-electron chi connectivity index (χ4n) is 2.77. The first-order valence-corrected chi connectivity index (χ1v) is 9.26. The van der Waals surface area contributed by atoms with Gasteiger partial charge >= 0.3 is 6.18 Å². The van der Waals surface area contributed by atoms with Crippen molar-refractivity contribution in [2.24, 2.45) is 4.99 Å². The van der Waals surface area contributed by atoms with E-state index in [1.165, 1.54) is 25.7 Å². The summed E-state index contributed by atoms with van der Waals surface area (Å²) in [5, 5.41) is 6.00. The molecule has 26 heavy (non-hydrogen) atoms. The highest BCUT2D eigenvalue weighted by Gasteiger charge is 2.31. The Bertz CT molecular complexity index is 436. The van der Waals surface area contributed by atoms with E-state index in [1.54, 1.807) is 0 Å². The van der Waals surface area contributed by atoms with E-state index in [2.05, 4.69) is 15.6 Å². The van der Waals surface area contributed by atoms with Crippen LogP contribution in [0.4, 0.5) is 13.2 Å². The number of halogens is 3. The van der Waals surface area contributed by atoms with Crippen molar-refractivity contribution in [2.75, 3.05) is 39.8 Å². The molecule has 0 atom stereocenters. The van der Waals surface area contributed by atoms with Crippen molar-refractivity contribution >= 4 is 11.9 Å². The third-order valence-corrected chi connectivity index (χ3v) is 4.11. The quantitative estimate of drug-likeness (QED) is 0.294. The molecule has 0 saturated heterocycles. The third kappa shape index (κ3) is 10.5. The molecule has 1 saturated carbocycles. The van der Waals surface area contributed by atoms with Crippen molar-refractivity contribution in [1.82, 2.24) is 15.5 Å². The first-order chi connectivity index (χ1) is 12.3. The maximum Gasteiger partial charge on any atom is 0.406 e. The standard InChI is InChI=1S/C17H31F3N4O2/c1-3-21-16(23-12-15(25)24(2)13-17(18,19)20)22-10-11-26-14-8-6-4-5-7-9-14/h14H,3-13H2,1-2H3,(H2,21,22,23). The van der Waals surface area contributed by atoms with Crippen molar-refractivity contribution in [3.63, 3.8) is 0 Å². The maximum atomic E-state index is 12.3. The number of guanidine groups is 1. The summed E-state index contributed by atoms with van der Waals surface area (Å²) in [6.07, 6.45) is 3.02. The molecule has 1 aliphatic carbocycles.